The van der Waals surface area contributed by atoms with E-state index < -0.39 is 6.61 Å². The van der Waals surface area contributed by atoms with Crippen molar-refractivity contribution in [3.05, 3.63) is 29.3 Å². The van der Waals surface area contributed by atoms with Crippen molar-refractivity contribution < 1.29 is 23.0 Å². The molecule has 0 aliphatic carbocycles. The van der Waals surface area contributed by atoms with E-state index in [9.17, 15) is 8.78 Å². The Balaban J connectivity index is 1.85. The predicted octanol–water partition coefficient (Wildman–Crippen LogP) is 2.21. The van der Waals surface area contributed by atoms with E-state index in [0.717, 1.165) is 18.4 Å². The number of hydrazone groups is 1. The molecule has 1 saturated heterocycles. The van der Waals surface area contributed by atoms with Crippen molar-refractivity contribution in [3.8, 4) is 5.75 Å². The first kappa shape index (κ1) is 13.1. The maximum atomic E-state index is 12.4. The lowest BCUT2D eigenvalue weighted by Gasteiger charge is -2.22. The minimum Gasteiger partial charge on any atom is -0.465 e. The zero-order chi connectivity index (χ0) is 13.9. The molecule has 1 unspecified atom stereocenters. The lowest BCUT2D eigenvalue weighted by atomic mass is 10.1. The van der Waals surface area contributed by atoms with Crippen LogP contribution in [0.4, 0.5) is 8.78 Å². The summed E-state index contributed by atoms with van der Waals surface area (Å²) in [5, 5.41) is 3.76. The van der Waals surface area contributed by atoms with E-state index in [-0.39, 0.29) is 12.2 Å². The second-order valence-electron chi connectivity index (χ2n) is 4.47. The first-order valence-corrected chi connectivity index (χ1v) is 6.40. The molecule has 0 saturated carbocycles. The summed E-state index contributed by atoms with van der Waals surface area (Å²) in [6, 6.07) is 5.19. The summed E-state index contributed by atoms with van der Waals surface area (Å²) >= 11 is 0. The average Bonchev–Trinajstić information content (AvgIpc) is 2.92. The molecule has 3 rings (SSSR count). The number of fused-ring (bicyclic) bond motifs is 1. The molecular weight excluding hydrogens is 270 g/mol. The van der Waals surface area contributed by atoms with Crippen LogP contribution in [0.2, 0.25) is 0 Å². The van der Waals surface area contributed by atoms with Gasteiger partial charge in [0.1, 0.15) is 5.75 Å². The van der Waals surface area contributed by atoms with Crippen molar-refractivity contribution in [1.82, 2.24) is 5.43 Å². The van der Waals surface area contributed by atoms with Gasteiger partial charge in [0.15, 0.2) is 6.29 Å². The van der Waals surface area contributed by atoms with Crippen LogP contribution >= 0.6 is 0 Å². The molecule has 2 heterocycles. The molecule has 0 radical (unpaired) electrons. The fourth-order valence-electron chi connectivity index (χ4n) is 2.27. The van der Waals surface area contributed by atoms with E-state index in [1.54, 1.807) is 18.2 Å². The van der Waals surface area contributed by atoms with Crippen LogP contribution < -0.4 is 10.2 Å². The molecular formula is C13H14F2N2O3. The van der Waals surface area contributed by atoms with Crippen LogP contribution in [0.25, 0.3) is 0 Å². The molecule has 1 aromatic rings. The maximum Gasteiger partial charge on any atom is 0.388 e. The van der Waals surface area contributed by atoms with E-state index in [4.69, 9.17) is 9.47 Å². The molecule has 20 heavy (non-hydrogen) atoms. The third kappa shape index (κ3) is 2.67. The van der Waals surface area contributed by atoms with Crippen LogP contribution in [-0.2, 0) is 16.0 Å². The number of halogens is 2. The maximum absolute atomic E-state index is 12.4. The van der Waals surface area contributed by atoms with Crippen LogP contribution in [0.15, 0.2) is 23.3 Å². The van der Waals surface area contributed by atoms with E-state index in [1.807, 2.05) is 0 Å². The number of nitrogens with one attached hydrogen (secondary N) is 1. The fraction of sp³-hybridized carbons (Fsp3) is 0.462. The Morgan fingerprint density at radius 1 is 1.40 bits per heavy atom. The third-order valence-corrected chi connectivity index (χ3v) is 3.15. The Morgan fingerprint density at radius 2 is 2.30 bits per heavy atom. The van der Waals surface area contributed by atoms with Crippen LogP contribution in [-0.4, -0.2) is 25.4 Å². The first-order chi connectivity index (χ1) is 9.74. The van der Waals surface area contributed by atoms with Gasteiger partial charge in [0, 0.05) is 17.5 Å². The zero-order valence-electron chi connectivity index (χ0n) is 10.6. The second kappa shape index (κ2) is 5.62. The van der Waals surface area contributed by atoms with Gasteiger partial charge in [-0.15, -0.1) is 5.10 Å². The molecule has 0 amide bonds. The Labute approximate surface area is 114 Å². The topological polar surface area (TPSA) is 52.1 Å². The Bertz CT molecular complexity index is 516. The Morgan fingerprint density at radius 3 is 3.05 bits per heavy atom. The molecule has 2 aliphatic heterocycles. The molecule has 7 heteroatoms. The first-order valence-electron chi connectivity index (χ1n) is 6.40. The number of ether oxygens (including phenoxy) is 3. The molecule has 0 spiro atoms. The molecule has 2 aliphatic rings. The van der Waals surface area contributed by atoms with E-state index >= 15 is 0 Å². The van der Waals surface area contributed by atoms with Crippen molar-refractivity contribution in [2.75, 3.05) is 6.61 Å². The van der Waals surface area contributed by atoms with Gasteiger partial charge in [0.25, 0.3) is 0 Å². The number of hydrogen-bond acceptors (Lipinski definition) is 5. The molecule has 1 fully saturated rings. The lowest BCUT2D eigenvalue weighted by molar-refractivity contribution is -0.0606. The highest BCUT2D eigenvalue weighted by Crippen LogP contribution is 2.28. The summed E-state index contributed by atoms with van der Waals surface area (Å²) in [7, 11) is 0. The van der Waals surface area contributed by atoms with Gasteiger partial charge in [-0.3, -0.25) is 0 Å². The van der Waals surface area contributed by atoms with Crippen molar-refractivity contribution >= 4 is 5.90 Å². The predicted molar refractivity (Wildman–Crippen MR) is 66.5 cm³/mol. The van der Waals surface area contributed by atoms with Crippen LogP contribution in [0.5, 0.6) is 5.75 Å². The van der Waals surface area contributed by atoms with Gasteiger partial charge < -0.3 is 19.6 Å². The van der Waals surface area contributed by atoms with Gasteiger partial charge in [0.2, 0.25) is 5.90 Å². The zero-order valence-corrected chi connectivity index (χ0v) is 10.6. The summed E-state index contributed by atoms with van der Waals surface area (Å²) < 4.78 is 40.3. The van der Waals surface area contributed by atoms with Gasteiger partial charge >= 0.3 is 6.61 Å². The SMILES string of the molecule is FC(F)OC1=NNCc2c(OC3CCCO3)cccc21. The normalized spacial score (nSPS) is 21.1. The molecule has 0 bridgehead atoms. The van der Waals surface area contributed by atoms with Crippen molar-refractivity contribution in [3.63, 3.8) is 0 Å². The molecule has 5 nitrogen and oxygen atoms in total. The quantitative estimate of drug-likeness (QED) is 0.924. The molecule has 0 aromatic heterocycles. The number of nitrogens with zero attached hydrogens (tertiary/aromatic N) is 1. The summed E-state index contributed by atoms with van der Waals surface area (Å²) in [6.45, 7) is -1.84. The third-order valence-electron chi connectivity index (χ3n) is 3.15. The largest absolute Gasteiger partial charge is 0.465 e. The summed E-state index contributed by atoms with van der Waals surface area (Å²) in [4.78, 5) is 0. The molecule has 108 valence electrons. The lowest BCUT2D eigenvalue weighted by Crippen LogP contribution is -2.25. The van der Waals surface area contributed by atoms with Crippen molar-refractivity contribution in [2.45, 2.75) is 32.3 Å². The van der Waals surface area contributed by atoms with Crippen LogP contribution in [0.1, 0.15) is 24.0 Å². The minimum absolute atomic E-state index is 0.126. The number of hydrogen-bond donors (Lipinski definition) is 1. The summed E-state index contributed by atoms with van der Waals surface area (Å²) in [6.07, 6.45) is 1.50. The number of rotatable bonds is 3. The van der Waals surface area contributed by atoms with Crippen LogP contribution in [0, 0.1) is 0 Å². The Hall–Kier alpha value is -1.89. The monoisotopic (exact) mass is 284 g/mol. The van der Waals surface area contributed by atoms with E-state index in [1.165, 1.54) is 0 Å². The van der Waals surface area contributed by atoms with Gasteiger partial charge in [-0.05, 0) is 18.6 Å². The summed E-state index contributed by atoms with van der Waals surface area (Å²) in [5.41, 5.74) is 3.93. The molecule has 1 atom stereocenters. The molecule has 1 aromatic carbocycles. The highest BCUT2D eigenvalue weighted by Gasteiger charge is 2.24. The number of alkyl halides is 2. The highest BCUT2D eigenvalue weighted by molar-refractivity contribution is 5.96. The minimum atomic E-state index is -2.91. The van der Waals surface area contributed by atoms with Gasteiger partial charge in [-0.1, -0.05) is 6.07 Å². The van der Waals surface area contributed by atoms with Crippen molar-refractivity contribution in [1.29, 1.82) is 0 Å². The van der Waals surface area contributed by atoms with Crippen LogP contribution in [0.3, 0.4) is 0 Å². The number of benzene rings is 1. The second-order valence-corrected chi connectivity index (χ2v) is 4.47. The highest BCUT2D eigenvalue weighted by atomic mass is 19.3. The summed E-state index contributed by atoms with van der Waals surface area (Å²) in [5.74, 6) is 0.478. The van der Waals surface area contributed by atoms with Gasteiger partial charge in [-0.2, -0.15) is 8.78 Å². The van der Waals surface area contributed by atoms with Crippen molar-refractivity contribution in [2.24, 2.45) is 5.10 Å². The van der Waals surface area contributed by atoms with Gasteiger partial charge in [0.05, 0.1) is 13.2 Å². The smallest absolute Gasteiger partial charge is 0.388 e. The van der Waals surface area contributed by atoms with Gasteiger partial charge in [-0.25, -0.2) is 0 Å². The molecule has 1 N–H and O–H groups in total. The average molecular weight is 284 g/mol. The van der Waals surface area contributed by atoms with E-state index in [0.29, 0.717) is 24.5 Å². The Kier molecular flexibility index (Phi) is 3.68. The standard InChI is InChI=1S/C13H14F2N2O3/c14-13(15)20-12-8-3-1-4-10(9(8)7-16-17-12)19-11-5-2-6-18-11/h1,3-4,11,13,16H,2,5-7H2. The fourth-order valence-corrected chi connectivity index (χ4v) is 2.27. The van der Waals surface area contributed by atoms with E-state index in [2.05, 4.69) is 15.3 Å².